The second-order valence-electron chi connectivity index (χ2n) is 6.34. The summed E-state index contributed by atoms with van der Waals surface area (Å²) in [5.74, 6) is 1.80. The molecule has 0 spiro atoms. The zero-order valence-electron chi connectivity index (χ0n) is 12.8. The lowest BCUT2D eigenvalue weighted by Crippen LogP contribution is -2.23. The third-order valence-corrected chi connectivity index (χ3v) is 6.20. The molecular weight excluding hydrogens is 300 g/mol. The predicted molar refractivity (Wildman–Crippen MR) is 87.8 cm³/mol. The van der Waals surface area contributed by atoms with E-state index in [0.717, 1.165) is 0 Å². The molecule has 0 aromatic carbocycles. The molecule has 2 N–H and O–H groups in total. The van der Waals surface area contributed by atoms with Crippen molar-refractivity contribution in [2.75, 3.05) is 22.1 Å². The van der Waals surface area contributed by atoms with Crippen LogP contribution >= 0.6 is 0 Å². The molecule has 2 heterocycles. The maximum absolute atomic E-state index is 11.5. The van der Waals surface area contributed by atoms with E-state index in [1.165, 1.54) is 38.5 Å². The first-order chi connectivity index (χ1) is 10.6. The van der Waals surface area contributed by atoms with E-state index in [2.05, 4.69) is 20.6 Å². The van der Waals surface area contributed by atoms with Crippen molar-refractivity contribution >= 4 is 21.6 Å². The quantitative estimate of drug-likeness (QED) is 0.826. The third kappa shape index (κ3) is 4.32. The number of nitrogens with one attached hydrogen (secondary N) is 2. The summed E-state index contributed by atoms with van der Waals surface area (Å²) in [4.78, 5) is 8.77. The van der Waals surface area contributed by atoms with Gasteiger partial charge < -0.3 is 10.6 Å². The van der Waals surface area contributed by atoms with Crippen molar-refractivity contribution in [3.63, 3.8) is 0 Å². The summed E-state index contributed by atoms with van der Waals surface area (Å²) in [5, 5.41) is 6.64. The fourth-order valence-electron chi connectivity index (χ4n) is 3.23. The van der Waals surface area contributed by atoms with Crippen molar-refractivity contribution in [3.05, 3.63) is 12.3 Å². The number of nitrogens with zero attached hydrogens (tertiary/aromatic N) is 2. The highest BCUT2D eigenvalue weighted by molar-refractivity contribution is 7.91. The van der Waals surface area contributed by atoms with Crippen LogP contribution < -0.4 is 10.6 Å². The Labute approximate surface area is 132 Å². The molecule has 3 rings (SSSR count). The number of hydrogen-bond donors (Lipinski definition) is 2. The molecule has 7 heteroatoms. The van der Waals surface area contributed by atoms with E-state index in [-0.39, 0.29) is 17.5 Å². The van der Waals surface area contributed by atoms with Gasteiger partial charge in [-0.25, -0.2) is 13.4 Å². The van der Waals surface area contributed by atoms with E-state index in [9.17, 15) is 8.42 Å². The molecule has 0 amide bonds. The van der Waals surface area contributed by atoms with Gasteiger partial charge in [0.2, 0.25) is 5.95 Å². The minimum Gasteiger partial charge on any atom is -0.366 e. The van der Waals surface area contributed by atoms with E-state index < -0.39 is 9.84 Å². The molecule has 1 atom stereocenters. The summed E-state index contributed by atoms with van der Waals surface area (Å²) in [5.41, 5.74) is 0. The van der Waals surface area contributed by atoms with Gasteiger partial charge in [-0.05, 0) is 25.3 Å². The van der Waals surface area contributed by atoms with E-state index >= 15 is 0 Å². The molecule has 22 heavy (non-hydrogen) atoms. The zero-order valence-corrected chi connectivity index (χ0v) is 13.6. The van der Waals surface area contributed by atoms with Crippen molar-refractivity contribution in [3.8, 4) is 0 Å². The monoisotopic (exact) mass is 324 g/mol. The highest BCUT2D eigenvalue weighted by Crippen LogP contribution is 2.21. The molecular formula is C15H24N4O2S. The zero-order chi connectivity index (χ0) is 15.4. The molecule has 122 valence electrons. The smallest absolute Gasteiger partial charge is 0.224 e. The molecule has 1 aromatic rings. The summed E-state index contributed by atoms with van der Waals surface area (Å²) >= 11 is 0. The SMILES string of the molecule is O=S1(=O)CCC(Nc2ccnc(NC3CCCCCC3)n2)C1. The Balaban J connectivity index is 1.60. The minimum absolute atomic E-state index is 0.0365. The summed E-state index contributed by atoms with van der Waals surface area (Å²) in [6.07, 6.45) is 9.86. The van der Waals surface area contributed by atoms with Gasteiger partial charge in [-0.3, -0.25) is 0 Å². The molecule has 1 aromatic heterocycles. The van der Waals surface area contributed by atoms with Crippen molar-refractivity contribution in [2.24, 2.45) is 0 Å². The molecule has 1 saturated carbocycles. The first-order valence-corrected chi connectivity index (χ1v) is 9.99. The lowest BCUT2D eigenvalue weighted by atomic mass is 10.1. The maximum atomic E-state index is 11.5. The summed E-state index contributed by atoms with van der Waals surface area (Å²) in [6, 6.07) is 2.21. The highest BCUT2D eigenvalue weighted by atomic mass is 32.2. The van der Waals surface area contributed by atoms with Gasteiger partial charge in [0.05, 0.1) is 11.5 Å². The summed E-state index contributed by atoms with van der Waals surface area (Å²) in [7, 11) is -2.87. The molecule has 1 unspecified atom stereocenters. The van der Waals surface area contributed by atoms with Gasteiger partial charge in [0, 0.05) is 18.3 Å². The Morgan fingerprint density at radius 2 is 1.77 bits per heavy atom. The van der Waals surface area contributed by atoms with Crippen LogP contribution in [0.3, 0.4) is 0 Å². The Hall–Kier alpha value is -1.37. The molecule has 2 aliphatic rings. The molecule has 1 saturated heterocycles. The maximum Gasteiger partial charge on any atom is 0.224 e. The normalized spacial score (nSPS) is 25.5. The number of rotatable bonds is 4. The van der Waals surface area contributed by atoms with Gasteiger partial charge in [-0.1, -0.05) is 25.7 Å². The van der Waals surface area contributed by atoms with E-state index in [0.29, 0.717) is 24.2 Å². The predicted octanol–water partition coefficient (Wildman–Crippen LogP) is 2.21. The third-order valence-electron chi connectivity index (χ3n) is 4.43. The van der Waals surface area contributed by atoms with Crippen molar-refractivity contribution in [2.45, 2.75) is 57.0 Å². The molecule has 1 aliphatic carbocycles. The Morgan fingerprint density at radius 3 is 2.45 bits per heavy atom. The first-order valence-electron chi connectivity index (χ1n) is 8.17. The summed E-state index contributed by atoms with van der Waals surface area (Å²) < 4.78 is 23.0. The molecule has 6 nitrogen and oxygen atoms in total. The van der Waals surface area contributed by atoms with Crippen LogP contribution in [0.2, 0.25) is 0 Å². The van der Waals surface area contributed by atoms with Crippen LogP contribution in [0.25, 0.3) is 0 Å². The lowest BCUT2D eigenvalue weighted by molar-refractivity contribution is 0.602. The van der Waals surface area contributed by atoms with Crippen LogP contribution in [-0.4, -0.2) is 42.0 Å². The van der Waals surface area contributed by atoms with Gasteiger partial charge in [-0.2, -0.15) is 4.98 Å². The van der Waals surface area contributed by atoms with Gasteiger partial charge in [0.25, 0.3) is 0 Å². The molecule has 2 fully saturated rings. The second kappa shape index (κ2) is 6.81. The van der Waals surface area contributed by atoms with Crippen LogP contribution in [0, 0.1) is 0 Å². The molecule has 1 aliphatic heterocycles. The minimum atomic E-state index is -2.87. The van der Waals surface area contributed by atoms with E-state index in [4.69, 9.17) is 0 Å². The van der Waals surface area contributed by atoms with E-state index in [1.807, 2.05) is 0 Å². The standard InChI is InChI=1S/C15H24N4O2S/c20-22(21)10-8-13(11-22)17-14-7-9-16-15(19-14)18-12-5-3-1-2-4-6-12/h7,9,12-13H,1-6,8,10-11H2,(H2,16,17,18,19). The summed E-state index contributed by atoms with van der Waals surface area (Å²) in [6.45, 7) is 0. The fourth-order valence-corrected chi connectivity index (χ4v) is 4.91. The van der Waals surface area contributed by atoms with Crippen molar-refractivity contribution in [1.29, 1.82) is 0 Å². The average Bonchev–Trinajstić information content (AvgIpc) is 2.67. The van der Waals surface area contributed by atoms with Gasteiger partial charge >= 0.3 is 0 Å². The highest BCUT2D eigenvalue weighted by Gasteiger charge is 2.28. The number of sulfone groups is 1. The first kappa shape index (κ1) is 15.5. The van der Waals surface area contributed by atoms with Crippen LogP contribution in [0.15, 0.2) is 12.3 Å². The van der Waals surface area contributed by atoms with Crippen molar-refractivity contribution in [1.82, 2.24) is 9.97 Å². The van der Waals surface area contributed by atoms with Crippen LogP contribution in [0.5, 0.6) is 0 Å². The Bertz CT molecular complexity index is 597. The lowest BCUT2D eigenvalue weighted by Gasteiger charge is -2.17. The molecule has 0 bridgehead atoms. The van der Waals surface area contributed by atoms with Gasteiger partial charge in [-0.15, -0.1) is 0 Å². The second-order valence-corrected chi connectivity index (χ2v) is 8.57. The number of hydrogen-bond acceptors (Lipinski definition) is 6. The topological polar surface area (TPSA) is 84.0 Å². The van der Waals surface area contributed by atoms with Crippen LogP contribution in [0.1, 0.15) is 44.9 Å². The van der Waals surface area contributed by atoms with Crippen molar-refractivity contribution < 1.29 is 8.42 Å². The van der Waals surface area contributed by atoms with Crippen LogP contribution in [-0.2, 0) is 9.84 Å². The van der Waals surface area contributed by atoms with Crippen LogP contribution in [0.4, 0.5) is 11.8 Å². The number of aromatic nitrogens is 2. The van der Waals surface area contributed by atoms with Gasteiger partial charge in [0.15, 0.2) is 9.84 Å². The van der Waals surface area contributed by atoms with E-state index in [1.54, 1.807) is 12.3 Å². The Morgan fingerprint density at radius 1 is 1.00 bits per heavy atom. The largest absolute Gasteiger partial charge is 0.366 e. The number of anilines is 2. The average molecular weight is 324 g/mol. The van der Waals surface area contributed by atoms with Gasteiger partial charge in [0.1, 0.15) is 5.82 Å². The Kier molecular flexibility index (Phi) is 4.81. The fraction of sp³-hybridized carbons (Fsp3) is 0.733. The molecule has 0 radical (unpaired) electrons.